The average molecular weight is 508 g/mol. The number of Topliss-reactive ketones (excluding diaryl/α,β-unsaturated/α-hetero) is 1. The number of ketones is 1. The number of nitrogens with one attached hydrogen (secondary N) is 2. The van der Waals surface area contributed by atoms with E-state index in [-0.39, 0.29) is 27.7 Å². The van der Waals surface area contributed by atoms with Crippen molar-refractivity contribution in [2.75, 3.05) is 16.8 Å². The molecule has 0 radical (unpaired) electrons. The van der Waals surface area contributed by atoms with Gasteiger partial charge in [-0.1, -0.05) is 25.1 Å². The fourth-order valence-electron chi connectivity index (χ4n) is 4.23. The minimum absolute atomic E-state index is 0.0906. The smallest absolute Gasteiger partial charge is 0.281 e. The maximum absolute atomic E-state index is 13.1. The van der Waals surface area contributed by atoms with Crippen LogP contribution in [0.4, 0.5) is 17.3 Å². The molecule has 1 aliphatic rings. The zero-order chi connectivity index (χ0) is 26.1. The summed E-state index contributed by atoms with van der Waals surface area (Å²) in [6, 6.07) is 14.4. The molecule has 10 heteroatoms. The van der Waals surface area contributed by atoms with E-state index in [0.717, 1.165) is 13.0 Å². The zero-order valence-corrected chi connectivity index (χ0v) is 21.5. The Bertz CT molecular complexity index is 1420. The summed E-state index contributed by atoms with van der Waals surface area (Å²) in [5.74, 6) is 0.221. The van der Waals surface area contributed by atoms with Crippen molar-refractivity contribution >= 4 is 39.0 Å². The number of pyridine rings is 2. The van der Waals surface area contributed by atoms with E-state index in [4.69, 9.17) is 0 Å². The van der Waals surface area contributed by atoms with Crippen LogP contribution in [0.15, 0.2) is 65.8 Å². The van der Waals surface area contributed by atoms with E-state index in [1.165, 1.54) is 19.1 Å². The summed E-state index contributed by atoms with van der Waals surface area (Å²) < 4.78 is 28.3. The standard InChI is InChI=1S/C26H29N5O4S/c1-17-13-15-31(26(17,3)4)24-21(10-7-14-27-24)25(33)30-36(34,35)23-12-6-11-22(29-23)28-20-9-5-8-19(16-20)18(2)32/h5-12,14,16-17H,13,15H2,1-4H3,(H,28,29)(H,30,33). The Morgan fingerprint density at radius 3 is 2.53 bits per heavy atom. The van der Waals surface area contributed by atoms with E-state index in [1.54, 1.807) is 48.7 Å². The minimum Gasteiger partial charge on any atom is -0.351 e. The first-order valence-corrected chi connectivity index (χ1v) is 13.1. The minimum atomic E-state index is -4.27. The molecule has 9 nitrogen and oxygen atoms in total. The number of benzene rings is 1. The number of rotatable bonds is 7. The molecule has 2 N–H and O–H groups in total. The quantitative estimate of drug-likeness (QED) is 0.457. The molecular formula is C26H29N5O4S. The highest BCUT2D eigenvalue weighted by Crippen LogP contribution is 2.38. The summed E-state index contributed by atoms with van der Waals surface area (Å²) in [7, 11) is -4.27. The number of amides is 1. The van der Waals surface area contributed by atoms with Gasteiger partial charge in [0.25, 0.3) is 15.9 Å². The van der Waals surface area contributed by atoms with Crippen molar-refractivity contribution in [2.45, 2.75) is 44.7 Å². The number of carbonyl (C=O) groups is 2. The van der Waals surface area contributed by atoms with Crippen molar-refractivity contribution in [1.82, 2.24) is 14.7 Å². The highest BCUT2D eigenvalue weighted by Gasteiger charge is 2.40. The van der Waals surface area contributed by atoms with Gasteiger partial charge in [0, 0.05) is 29.5 Å². The monoisotopic (exact) mass is 507 g/mol. The Morgan fingerprint density at radius 1 is 1.08 bits per heavy atom. The summed E-state index contributed by atoms with van der Waals surface area (Å²) in [6.45, 7) is 8.51. The molecular weight excluding hydrogens is 478 g/mol. The van der Waals surface area contributed by atoms with Crippen LogP contribution in [0.5, 0.6) is 0 Å². The third kappa shape index (κ3) is 5.08. The number of hydrogen-bond donors (Lipinski definition) is 2. The summed E-state index contributed by atoms with van der Waals surface area (Å²) in [4.78, 5) is 35.4. The van der Waals surface area contributed by atoms with Crippen molar-refractivity contribution in [3.8, 4) is 0 Å². The molecule has 1 atom stereocenters. The molecule has 3 heterocycles. The molecule has 0 saturated carbocycles. The van der Waals surface area contributed by atoms with E-state index in [1.807, 2.05) is 0 Å². The van der Waals surface area contributed by atoms with Crippen molar-refractivity contribution in [3.63, 3.8) is 0 Å². The lowest BCUT2D eigenvalue weighted by Crippen LogP contribution is -2.43. The average Bonchev–Trinajstić information content (AvgIpc) is 3.11. The van der Waals surface area contributed by atoms with Crippen LogP contribution in [0.25, 0.3) is 0 Å². The normalized spacial score (nSPS) is 17.0. The number of nitrogens with zero attached hydrogens (tertiary/aromatic N) is 3. The molecule has 4 rings (SSSR count). The second kappa shape index (κ2) is 9.69. The highest BCUT2D eigenvalue weighted by molar-refractivity contribution is 7.90. The molecule has 1 aliphatic heterocycles. The molecule has 0 spiro atoms. The molecule has 188 valence electrons. The third-order valence-corrected chi connectivity index (χ3v) is 7.97. The van der Waals surface area contributed by atoms with Gasteiger partial charge in [-0.3, -0.25) is 9.59 Å². The second-order valence-electron chi connectivity index (χ2n) is 9.43. The van der Waals surface area contributed by atoms with Gasteiger partial charge in [-0.25, -0.2) is 14.7 Å². The Morgan fingerprint density at radius 2 is 1.83 bits per heavy atom. The summed E-state index contributed by atoms with van der Waals surface area (Å²) in [5.41, 5.74) is 1.04. The molecule has 1 fully saturated rings. The molecule has 2 aromatic heterocycles. The molecule has 1 saturated heterocycles. The van der Waals surface area contributed by atoms with Crippen LogP contribution in [-0.4, -0.2) is 42.2 Å². The number of aromatic nitrogens is 2. The van der Waals surface area contributed by atoms with E-state index in [2.05, 4.69) is 45.7 Å². The molecule has 1 amide bonds. The van der Waals surface area contributed by atoms with Gasteiger partial charge in [-0.15, -0.1) is 0 Å². The van der Waals surface area contributed by atoms with Crippen LogP contribution in [0.1, 0.15) is 54.8 Å². The molecule has 1 aromatic carbocycles. The van der Waals surface area contributed by atoms with Crippen LogP contribution in [0.2, 0.25) is 0 Å². The van der Waals surface area contributed by atoms with Crippen LogP contribution in [0, 0.1) is 5.92 Å². The number of hydrogen-bond acceptors (Lipinski definition) is 8. The second-order valence-corrected chi connectivity index (χ2v) is 11.1. The fourth-order valence-corrected chi connectivity index (χ4v) is 5.16. The Kier molecular flexibility index (Phi) is 6.81. The SMILES string of the molecule is CC(=O)c1cccc(Nc2cccc(S(=O)(=O)NC(=O)c3cccnc3N3CCC(C)C3(C)C)n2)c1. The van der Waals surface area contributed by atoms with Crippen molar-refractivity contribution in [1.29, 1.82) is 0 Å². The maximum Gasteiger partial charge on any atom is 0.281 e. The first kappa shape index (κ1) is 25.3. The largest absolute Gasteiger partial charge is 0.351 e. The van der Waals surface area contributed by atoms with Crippen LogP contribution in [0.3, 0.4) is 0 Å². The lowest BCUT2D eigenvalue weighted by Gasteiger charge is -2.36. The van der Waals surface area contributed by atoms with Crippen molar-refractivity contribution < 1.29 is 18.0 Å². The summed E-state index contributed by atoms with van der Waals surface area (Å²) in [6.07, 6.45) is 2.54. The predicted octanol–water partition coefficient (Wildman–Crippen LogP) is 4.17. The van der Waals surface area contributed by atoms with Gasteiger partial charge >= 0.3 is 0 Å². The van der Waals surface area contributed by atoms with E-state index < -0.39 is 15.9 Å². The summed E-state index contributed by atoms with van der Waals surface area (Å²) >= 11 is 0. The maximum atomic E-state index is 13.1. The fraction of sp³-hybridized carbons (Fsp3) is 0.308. The van der Waals surface area contributed by atoms with Crippen LogP contribution in [-0.2, 0) is 10.0 Å². The first-order valence-electron chi connectivity index (χ1n) is 11.6. The number of anilines is 3. The predicted molar refractivity (Wildman–Crippen MR) is 138 cm³/mol. The lowest BCUT2D eigenvalue weighted by atomic mass is 9.90. The van der Waals surface area contributed by atoms with Gasteiger partial charge in [-0.05, 0) is 69.5 Å². The van der Waals surface area contributed by atoms with Crippen molar-refractivity contribution in [3.05, 3.63) is 71.9 Å². The zero-order valence-electron chi connectivity index (χ0n) is 20.6. The van der Waals surface area contributed by atoms with Crippen LogP contribution < -0.4 is 14.9 Å². The highest BCUT2D eigenvalue weighted by atomic mass is 32.2. The lowest BCUT2D eigenvalue weighted by molar-refractivity contribution is 0.0979. The topological polar surface area (TPSA) is 121 Å². The van der Waals surface area contributed by atoms with Gasteiger partial charge in [0.15, 0.2) is 10.8 Å². The first-order chi connectivity index (χ1) is 17.0. The third-order valence-electron chi connectivity index (χ3n) is 6.74. The van der Waals surface area contributed by atoms with E-state index >= 15 is 0 Å². The molecule has 0 aliphatic carbocycles. The van der Waals surface area contributed by atoms with E-state index in [9.17, 15) is 18.0 Å². The molecule has 0 bridgehead atoms. The Hall–Kier alpha value is -3.79. The van der Waals surface area contributed by atoms with Gasteiger partial charge in [0.1, 0.15) is 11.6 Å². The van der Waals surface area contributed by atoms with E-state index in [0.29, 0.717) is 23.0 Å². The van der Waals surface area contributed by atoms with Crippen molar-refractivity contribution in [2.24, 2.45) is 5.92 Å². The number of sulfonamides is 1. The Labute approximate surface area is 211 Å². The molecule has 36 heavy (non-hydrogen) atoms. The van der Waals surface area contributed by atoms with Gasteiger partial charge in [0.2, 0.25) is 0 Å². The molecule has 1 unspecified atom stereocenters. The van der Waals surface area contributed by atoms with Crippen LogP contribution >= 0.6 is 0 Å². The molecule has 3 aromatic rings. The van der Waals surface area contributed by atoms with Gasteiger partial charge in [0.05, 0.1) is 5.56 Å². The van der Waals surface area contributed by atoms with Gasteiger partial charge in [-0.2, -0.15) is 8.42 Å². The Balaban J connectivity index is 1.57. The number of carbonyl (C=O) groups excluding carboxylic acids is 2. The summed E-state index contributed by atoms with van der Waals surface area (Å²) in [5, 5.41) is 2.68. The van der Waals surface area contributed by atoms with Gasteiger partial charge < -0.3 is 10.2 Å².